The van der Waals surface area contributed by atoms with Crippen LogP contribution in [0, 0.1) is 11.3 Å². The standard InChI is InChI=1S/C9H6N2OS/c10-3-4-13-7-1-2-8-9(5-7)12-6-11-8/h1-2,5-6H,4H2. The van der Waals surface area contributed by atoms with Crippen LogP contribution in [-0.4, -0.2) is 10.7 Å². The first kappa shape index (κ1) is 8.14. The third-order valence-electron chi connectivity index (χ3n) is 1.61. The van der Waals surface area contributed by atoms with Crippen LogP contribution < -0.4 is 0 Å². The number of hydrogen-bond donors (Lipinski definition) is 0. The predicted octanol–water partition coefficient (Wildman–Crippen LogP) is 2.44. The number of rotatable bonds is 2. The molecule has 0 N–H and O–H groups in total. The Morgan fingerprint density at radius 1 is 1.54 bits per heavy atom. The van der Waals surface area contributed by atoms with Crippen molar-refractivity contribution in [1.82, 2.24) is 4.98 Å². The highest BCUT2D eigenvalue weighted by Gasteiger charge is 1.99. The number of nitrogens with zero attached hydrogens (tertiary/aromatic N) is 2. The summed E-state index contributed by atoms with van der Waals surface area (Å²) in [6.07, 6.45) is 1.42. The molecule has 1 heterocycles. The van der Waals surface area contributed by atoms with Crippen LogP contribution >= 0.6 is 11.8 Å². The van der Waals surface area contributed by atoms with E-state index < -0.39 is 0 Å². The van der Waals surface area contributed by atoms with Crippen molar-refractivity contribution in [3.8, 4) is 6.07 Å². The predicted molar refractivity (Wildman–Crippen MR) is 50.3 cm³/mol. The molecule has 0 spiro atoms. The van der Waals surface area contributed by atoms with E-state index in [1.165, 1.54) is 18.2 Å². The van der Waals surface area contributed by atoms with E-state index in [9.17, 15) is 0 Å². The largest absolute Gasteiger partial charge is 0.443 e. The third kappa shape index (κ3) is 1.65. The van der Waals surface area contributed by atoms with Crippen LogP contribution in [-0.2, 0) is 0 Å². The Bertz CT molecular complexity index is 458. The first-order valence-electron chi connectivity index (χ1n) is 3.73. The molecule has 4 heteroatoms. The number of thioether (sulfide) groups is 1. The topological polar surface area (TPSA) is 49.8 Å². The molecule has 1 aromatic carbocycles. The summed E-state index contributed by atoms with van der Waals surface area (Å²) in [5.41, 5.74) is 1.62. The van der Waals surface area contributed by atoms with Crippen LogP contribution in [0.2, 0.25) is 0 Å². The highest BCUT2D eigenvalue weighted by molar-refractivity contribution is 7.99. The number of fused-ring (bicyclic) bond motifs is 1. The zero-order valence-corrected chi connectivity index (χ0v) is 7.54. The van der Waals surface area contributed by atoms with Crippen molar-refractivity contribution in [2.24, 2.45) is 0 Å². The maximum Gasteiger partial charge on any atom is 0.181 e. The number of benzene rings is 1. The lowest BCUT2D eigenvalue weighted by Gasteiger charge is -1.94. The monoisotopic (exact) mass is 190 g/mol. The fraction of sp³-hybridized carbons (Fsp3) is 0.111. The van der Waals surface area contributed by atoms with Crippen LogP contribution in [0.3, 0.4) is 0 Å². The molecule has 13 heavy (non-hydrogen) atoms. The van der Waals surface area contributed by atoms with Gasteiger partial charge in [-0.3, -0.25) is 0 Å². The second-order valence-corrected chi connectivity index (χ2v) is 3.48. The summed E-state index contributed by atoms with van der Waals surface area (Å²) < 4.78 is 5.13. The van der Waals surface area contributed by atoms with Crippen LogP contribution in [0.15, 0.2) is 33.9 Å². The Balaban J connectivity index is 2.33. The van der Waals surface area contributed by atoms with E-state index >= 15 is 0 Å². The highest BCUT2D eigenvalue weighted by atomic mass is 32.2. The smallest absolute Gasteiger partial charge is 0.181 e. The van der Waals surface area contributed by atoms with Crippen LogP contribution in [0.1, 0.15) is 0 Å². The maximum atomic E-state index is 8.39. The lowest BCUT2D eigenvalue weighted by molar-refractivity contribution is 0.601. The molecular formula is C9H6N2OS. The van der Waals surface area contributed by atoms with Crippen molar-refractivity contribution in [3.05, 3.63) is 24.6 Å². The Morgan fingerprint density at radius 3 is 3.31 bits per heavy atom. The second-order valence-electron chi connectivity index (χ2n) is 2.43. The average molecular weight is 190 g/mol. The summed E-state index contributed by atoms with van der Waals surface area (Å²) in [6.45, 7) is 0. The van der Waals surface area contributed by atoms with Gasteiger partial charge < -0.3 is 4.42 Å². The van der Waals surface area contributed by atoms with E-state index in [4.69, 9.17) is 9.68 Å². The summed E-state index contributed by atoms with van der Waals surface area (Å²) in [4.78, 5) is 5.03. The number of hydrogen-bond acceptors (Lipinski definition) is 4. The Kier molecular flexibility index (Phi) is 2.19. The number of oxazole rings is 1. The van der Waals surface area contributed by atoms with Gasteiger partial charge in [0.25, 0.3) is 0 Å². The molecule has 0 unspecified atom stereocenters. The molecule has 2 aromatic rings. The van der Waals surface area contributed by atoms with Gasteiger partial charge in [0.15, 0.2) is 12.0 Å². The van der Waals surface area contributed by atoms with Crippen LogP contribution in [0.5, 0.6) is 0 Å². The van der Waals surface area contributed by atoms with Gasteiger partial charge in [0, 0.05) is 4.90 Å². The fourth-order valence-corrected chi connectivity index (χ4v) is 1.63. The van der Waals surface area contributed by atoms with E-state index in [1.807, 2.05) is 18.2 Å². The number of aromatic nitrogens is 1. The van der Waals surface area contributed by atoms with Gasteiger partial charge in [-0.2, -0.15) is 5.26 Å². The zero-order chi connectivity index (χ0) is 9.10. The average Bonchev–Trinajstić information content (AvgIpc) is 2.61. The molecule has 3 nitrogen and oxygen atoms in total. The Labute approximate surface area is 79.4 Å². The van der Waals surface area contributed by atoms with Crippen molar-refractivity contribution in [3.63, 3.8) is 0 Å². The van der Waals surface area contributed by atoms with Crippen molar-refractivity contribution in [2.75, 3.05) is 5.75 Å². The van der Waals surface area contributed by atoms with Crippen molar-refractivity contribution in [2.45, 2.75) is 4.90 Å². The van der Waals surface area contributed by atoms with Gasteiger partial charge >= 0.3 is 0 Å². The molecule has 0 aliphatic rings. The van der Waals surface area contributed by atoms with E-state index in [-0.39, 0.29) is 0 Å². The van der Waals surface area contributed by atoms with Gasteiger partial charge in [0.2, 0.25) is 0 Å². The van der Waals surface area contributed by atoms with Gasteiger partial charge in [-0.05, 0) is 18.2 Å². The molecule has 0 atom stereocenters. The zero-order valence-electron chi connectivity index (χ0n) is 6.73. The van der Waals surface area contributed by atoms with Gasteiger partial charge in [0.1, 0.15) is 5.52 Å². The number of nitriles is 1. The second kappa shape index (κ2) is 3.50. The molecule has 2 rings (SSSR count). The first-order chi connectivity index (χ1) is 6.40. The van der Waals surface area contributed by atoms with Gasteiger partial charge in [0.05, 0.1) is 11.8 Å². The highest BCUT2D eigenvalue weighted by Crippen LogP contribution is 2.22. The molecule has 0 aliphatic heterocycles. The molecule has 1 aromatic heterocycles. The lowest BCUT2D eigenvalue weighted by Crippen LogP contribution is -1.74. The van der Waals surface area contributed by atoms with E-state index in [2.05, 4.69) is 11.1 Å². The van der Waals surface area contributed by atoms with Gasteiger partial charge in [-0.15, -0.1) is 11.8 Å². The lowest BCUT2D eigenvalue weighted by atomic mass is 10.3. The summed E-state index contributed by atoms with van der Waals surface area (Å²) >= 11 is 1.49. The van der Waals surface area contributed by atoms with Crippen molar-refractivity contribution in [1.29, 1.82) is 5.26 Å². The molecule has 64 valence electrons. The molecule has 0 amide bonds. The Hall–Kier alpha value is -1.47. The van der Waals surface area contributed by atoms with Crippen molar-refractivity contribution < 1.29 is 4.42 Å². The molecule has 0 saturated heterocycles. The minimum atomic E-state index is 0.458. The Morgan fingerprint density at radius 2 is 2.46 bits per heavy atom. The normalized spacial score (nSPS) is 10.1. The van der Waals surface area contributed by atoms with Gasteiger partial charge in [-0.25, -0.2) is 4.98 Å². The summed E-state index contributed by atoms with van der Waals surface area (Å²) in [5.74, 6) is 0.458. The minimum Gasteiger partial charge on any atom is -0.443 e. The SMILES string of the molecule is N#CCSc1ccc2ncoc2c1. The van der Waals surface area contributed by atoms with E-state index in [0.717, 1.165) is 16.0 Å². The molecule has 0 radical (unpaired) electrons. The van der Waals surface area contributed by atoms with E-state index in [0.29, 0.717) is 5.75 Å². The van der Waals surface area contributed by atoms with Crippen LogP contribution in [0.4, 0.5) is 0 Å². The van der Waals surface area contributed by atoms with Gasteiger partial charge in [-0.1, -0.05) is 0 Å². The maximum absolute atomic E-state index is 8.39. The molecule has 0 aliphatic carbocycles. The molecular weight excluding hydrogens is 184 g/mol. The van der Waals surface area contributed by atoms with Crippen molar-refractivity contribution >= 4 is 22.9 Å². The molecule has 0 bridgehead atoms. The molecule has 0 fully saturated rings. The van der Waals surface area contributed by atoms with Crippen LogP contribution in [0.25, 0.3) is 11.1 Å². The summed E-state index contributed by atoms with van der Waals surface area (Å²) in [5, 5.41) is 8.39. The summed E-state index contributed by atoms with van der Waals surface area (Å²) in [7, 11) is 0. The molecule has 0 saturated carbocycles. The third-order valence-corrected chi connectivity index (χ3v) is 2.47. The fourth-order valence-electron chi connectivity index (χ4n) is 1.04. The quantitative estimate of drug-likeness (QED) is 0.682. The van der Waals surface area contributed by atoms with E-state index in [1.54, 1.807) is 0 Å². The summed E-state index contributed by atoms with van der Waals surface area (Å²) in [6, 6.07) is 7.79. The first-order valence-corrected chi connectivity index (χ1v) is 4.72. The minimum absolute atomic E-state index is 0.458.